The molecule has 0 atom stereocenters. The standard InChI is InChI=1S/C7H16N4/c1-11(2)6-5-10-7-8-3-4-9-7/h3-6H2,1-2H3,(H2,8,9,10). The smallest absolute Gasteiger partial charge is 0.191 e. The molecule has 1 rings (SSSR count). The molecule has 0 saturated heterocycles. The van der Waals surface area contributed by atoms with Crippen LogP contribution < -0.4 is 10.6 Å². The van der Waals surface area contributed by atoms with Gasteiger partial charge in [-0.05, 0) is 14.1 Å². The van der Waals surface area contributed by atoms with E-state index in [1.807, 2.05) is 0 Å². The van der Waals surface area contributed by atoms with E-state index in [9.17, 15) is 0 Å². The molecule has 64 valence electrons. The number of rotatable bonds is 3. The second-order valence-electron chi connectivity index (χ2n) is 2.89. The van der Waals surface area contributed by atoms with Crippen LogP contribution in [0.5, 0.6) is 0 Å². The predicted octanol–water partition coefficient (Wildman–Crippen LogP) is -0.903. The van der Waals surface area contributed by atoms with Gasteiger partial charge in [-0.2, -0.15) is 0 Å². The Labute approximate surface area is 67.7 Å². The van der Waals surface area contributed by atoms with Crippen molar-refractivity contribution in [3.8, 4) is 0 Å². The molecule has 4 heteroatoms. The molecule has 0 aromatic carbocycles. The Morgan fingerprint density at radius 2 is 2.45 bits per heavy atom. The minimum Gasteiger partial charge on any atom is -0.355 e. The molecule has 0 bridgehead atoms. The van der Waals surface area contributed by atoms with E-state index in [0.29, 0.717) is 0 Å². The molecular weight excluding hydrogens is 140 g/mol. The molecule has 0 aliphatic carbocycles. The molecular formula is C7H16N4. The number of hydrogen-bond acceptors (Lipinski definition) is 4. The first-order valence-corrected chi connectivity index (χ1v) is 3.96. The van der Waals surface area contributed by atoms with Crippen molar-refractivity contribution in [2.45, 2.75) is 0 Å². The summed E-state index contributed by atoms with van der Waals surface area (Å²) in [4.78, 5) is 6.35. The van der Waals surface area contributed by atoms with Crippen LogP contribution in [0.2, 0.25) is 0 Å². The number of nitrogens with one attached hydrogen (secondary N) is 2. The number of hydrogen-bond donors (Lipinski definition) is 2. The molecule has 0 spiro atoms. The van der Waals surface area contributed by atoms with Crippen molar-refractivity contribution >= 4 is 5.96 Å². The highest BCUT2D eigenvalue weighted by molar-refractivity contribution is 5.81. The fourth-order valence-corrected chi connectivity index (χ4v) is 0.914. The summed E-state index contributed by atoms with van der Waals surface area (Å²) < 4.78 is 0. The lowest BCUT2D eigenvalue weighted by Gasteiger charge is -2.10. The van der Waals surface area contributed by atoms with Gasteiger partial charge in [0.2, 0.25) is 0 Å². The molecule has 1 heterocycles. The predicted molar refractivity (Wildman–Crippen MR) is 46.9 cm³/mol. The van der Waals surface area contributed by atoms with Crippen LogP contribution in [0, 0.1) is 0 Å². The lowest BCUT2D eigenvalue weighted by molar-refractivity contribution is 0.412. The lowest BCUT2D eigenvalue weighted by atomic mass is 10.6. The number of nitrogens with zero attached hydrogens (tertiary/aromatic N) is 2. The second kappa shape index (κ2) is 4.18. The van der Waals surface area contributed by atoms with Crippen molar-refractivity contribution in [1.82, 2.24) is 15.5 Å². The van der Waals surface area contributed by atoms with Gasteiger partial charge in [0, 0.05) is 19.6 Å². The second-order valence-corrected chi connectivity index (χ2v) is 2.89. The SMILES string of the molecule is CN(C)CCNC1=NCCN1. The highest BCUT2D eigenvalue weighted by atomic mass is 15.2. The van der Waals surface area contributed by atoms with Crippen molar-refractivity contribution in [2.75, 3.05) is 40.3 Å². The van der Waals surface area contributed by atoms with E-state index in [1.54, 1.807) is 0 Å². The van der Waals surface area contributed by atoms with Crippen LogP contribution in [0.1, 0.15) is 0 Å². The maximum absolute atomic E-state index is 4.21. The fourth-order valence-electron chi connectivity index (χ4n) is 0.914. The Kier molecular flexibility index (Phi) is 3.16. The monoisotopic (exact) mass is 156 g/mol. The van der Waals surface area contributed by atoms with Crippen LogP contribution in [-0.4, -0.2) is 51.1 Å². The van der Waals surface area contributed by atoms with Gasteiger partial charge >= 0.3 is 0 Å². The van der Waals surface area contributed by atoms with E-state index in [4.69, 9.17) is 0 Å². The quantitative estimate of drug-likeness (QED) is 0.556. The Hall–Kier alpha value is -0.770. The molecule has 11 heavy (non-hydrogen) atoms. The van der Waals surface area contributed by atoms with E-state index >= 15 is 0 Å². The molecule has 0 saturated carbocycles. The van der Waals surface area contributed by atoms with Gasteiger partial charge < -0.3 is 15.5 Å². The molecule has 0 unspecified atom stereocenters. The summed E-state index contributed by atoms with van der Waals surface area (Å²) in [6, 6.07) is 0. The van der Waals surface area contributed by atoms with Crippen LogP contribution >= 0.6 is 0 Å². The largest absolute Gasteiger partial charge is 0.355 e. The summed E-state index contributed by atoms with van der Waals surface area (Å²) >= 11 is 0. The summed E-state index contributed by atoms with van der Waals surface area (Å²) in [6.07, 6.45) is 0. The van der Waals surface area contributed by atoms with Crippen LogP contribution in [0.15, 0.2) is 4.99 Å². The molecule has 1 aliphatic rings. The van der Waals surface area contributed by atoms with Gasteiger partial charge in [-0.1, -0.05) is 0 Å². The molecule has 1 aliphatic heterocycles. The van der Waals surface area contributed by atoms with Crippen molar-refractivity contribution in [3.63, 3.8) is 0 Å². The molecule has 0 amide bonds. The van der Waals surface area contributed by atoms with Gasteiger partial charge in [-0.3, -0.25) is 4.99 Å². The van der Waals surface area contributed by atoms with Gasteiger partial charge in [0.1, 0.15) is 0 Å². The van der Waals surface area contributed by atoms with E-state index in [2.05, 4.69) is 34.6 Å². The zero-order chi connectivity index (χ0) is 8.10. The normalized spacial score (nSPS) is 16.5. The summed E-state index contributed by atoms with van der Waals surface area (Å²) in [7, 11) is 4.12. The Morgan fingerprint density at radius 3 is 3.00 bits per heavy atom. The number of likely N-dealkylation sites (N-methyl/N-ethyl adjacent to an activating group) is 1. The van der Waals surface area contributed by atoms with Crippen molar-refractivity contribution in [3.05, 3.63) is 0 Å². The third kappa shape index (κ3) is 3.23. The van der Waals surface area contributed by atoms with Gasteiger partial charge in [0.15, 0.2) is 5.96 Å². The Morgan fingerprint density at radius 1 is 1.64 bits per heavy atom. The van der Waals surface area contributed by atoms with E-state index in [1.165, 1.54) is 0 Å². The minimum atomic E-state index is 0.907. The first-order valence-electron chi connectivity index (χ1n) is 3.96. The summed E-state index contributed by atoms with van der Waals surface area (Å²) in [6.45, 7) is 3.88. The average molecular weight is 156 g/mol. The van der Waals surface area contributed by atoms with E-state index in [-0.39, 0.29) is 0 Å². The minimum absolute atomic E-state index is 0.907. The van der Waals surface area contributed by atoms with Gasteiger partial charge in [0.05, 0.1) is 6.54 Å². The van der Waals surface area contributed by atoms with Crippen LogP contribution in [0.4, 0.5) is 0 Å². The van der Waals surface area contributed by atoms with Gasteiger partial charge in [-0.15, -0.1) is 0 Å². The topological polar surface area (TPSA) is 39.7 Å². The maximum atomic E-state index is 4.21. The van der Waals surface area contributed by atoms with Crippen molar-refractivity contribution < 1.29 is 0 Å². The fraction of sp³-hybridized carbons (Fsp3) is 0.857. The maximum Gasteiger partial charge on any atom is 0.191 e. The third-order valence-corrected chi connectivity index (χ3v) is 1.53. The van der Waals surface area contributed by atoms with Crippen LogP contribution in [0.25, 0.3) is 0 Å². The zero-order valence-electron chi connectivity index (χ0n) is 7.22. The Balaban J connectivity index is 2.03. The molecule has 2 N–H and O–H groups in total. The molecule has 0 aromatic rings. The van der Waals surface area contributed by atoms with Crippen molar-refractivity contribution in [2.24, 2.45) is 4.99 Å². The molecule has 0 radical (unpaired) electrons. The van der Waals surface area contributed by atoms with Gasteiger partial charge in [-0.25, -0.2) is 0 Å². The molecule has 0 aromatic heterocycles. The third-order valence-electron chi connectivity index (χ3n) is 1.53. The Bertz CT molecular complexity index is 141. The van der Waals surface area contributed by atoms with Crippen LogP contribution in [-0.2, 0) is 0 Å². The van der Waals surface area contributed by atoms with E-state index < -0.39 is 0 Å². The summed E-state index contributed by atoms with van der Waals surface area (Å²) in [5.41, 5.74) is 0. The molecule has 0 fully saturated rings. The molecule has 4 nitrogen and oxygen atoms in total. The average Bonchev–Trinajstić information content (AvgIpc) is 2.39. The number of guanidine groups is 1. The highest BCUT2D eigenvalue weighted by Crippen LogP contribution is 1.80. The zero-order valence-corrected chi connectivity index (χ0v) is 7.22. The summed E-state index contributed by atoms with van der Waals surface area (Å²) in [5.74, 6) is 0.951. The van der Waals surface area contributed by atoms with E-state index in [0.717, 1.165) is 32.1 Å². The first-order chi connectivity index (χ1) is 5.29. The summed E-state index contributed by atoms with van der Waals surface area (Å²) in [5, 5.41) is 6.36. The van der Waals surface area contributed by atoms with Gasteiger partial charge in [0.25, 0.3) is 0 Å². The van der Waals surface area contributed by atoms with Crippen LogP contribution in [0.3, 0.4) is 0 Å². The number of aliphatic imine (C=N–C) groups is 1. The lowest BCUT2D eigenvalue weighted by Crippen LogP contribution is -2.37. The highest BCUT2D eigenvalue weighted by Gasteiger charge is 2.02. The van der Waals surface area contributed by atoms with Crippen molar-refractivity contribution in [1.29, 1.82) is 0 Å². The first kappa shape index (κ1) is 8.33.